The predicted octanol–water partition coefficient (Wildman–Crippen LogP) is 3.17. The fourth-order valence-electron chi connectivity index (χ4n) is 3.70. The number of carbonyl (C=O) groups excluding carboxylic acids is 1. The van der Waals surface area contributed by atoms with E-state index in [1.54, 1.807) is 0 Å². The van der Waals surface area contributed by atoms with Crippen LogP contribution in [0.4, 0.5) is 18.9 Å². The highest BCUT2D eigenvalue weighted by molar-refractivity contribution is 5.82. The molecular weight excluding hydrogens is 451 g/mol. The van der Waals surface area contributed by atoms with Gasteiger partial charge >= 0.3 is 12.1 Å². The summed E-state index contributed by atoms with van der Waals surface area (Å²) in [4.78, 5) is 23.5. The van der Waals surface area contributed by atoms with Gasteiger partial charge in [-0.3, -0.25) is 9.89 Å². The van der Waals surface area contributed by atoms with Gasteiger partial charge in [-0.15, -0.1) is 0 Å². The first-order chi connectivity index (χ1) is 16.1. The molecule has 0 unspecified atom stereocenters. The van der Waals surface area contributed by atoms with Crippen LogP contribution in [-0.2, 0) is 16.0 Å². The number of carbonyl (C=O) groups is 2. The Kier molecular flexibility index (Phi) is 8.11. The molecule has 0 radical (unpaired) electrons. The van der Waals surface area contributed by atoms with Crippen LogP contribution in [0.1, 0.15) is 18.4 Å². The van der Waals surface area contributed by atoms with E-state index in [4.69, 9.17) is 15.6 Å². The zero-order chi connectivity index (χ0) is 24.7. The van der Waals surface area contributed by atoms with Gasteiger partial charge in [-0.1, -0.05) is 30.3 Å². The molecule has 2 aromatic carbocycles. The van der Waals surface area contributed by atoms with Crippen molar-refractivity contribution in [2.75, 3.05) is 18.4 Å². The number of anilines is 1. The van der Waals surface area contributed by atoms with Crippen LogP contribution in [0.2, 0.25) is 0 Å². The molecule has 1 saturated heterocycles. The van der Waals surface area contributed by atoms with Gasteiger partial charge in [0.25, 0.3) is 0 Å². The predicted molar refractivity (Wildman–Crippen MR) is 121 cm³/mol. The maximum Gasteiger partial charge on any atom is 0.490 e. The normalized spacial score (nSPS) is 15.4. The van der Waals surface area contributed by atoms with E-state index in [1.807, 2.05) is 47.5 Å². The molecule has 0 bridgehead atoms. The first-order valence-electron chi connectivity index (χ1n) is 10.7. The molecule has 1 aliphatic heterocycles. The van der Waals surface area contributed by atoms with Crippen molar-refractivity contribution >= 4 is 28.5 Å². The second-order valence-corrected chi connectivity index (χ2v) is 8.02. The Morgan fingerprint density at radius 1 is 1.18 bits per heavy atom. The summed E-state index contributed by atoms with van der Waals surface area (Å²) in [7, 11) is 0. The first-order valence-corrected chi connectivity index (χ1v) is 10.7. The molecule has 1 amide bonds. The van der Waals surface area contributed by atoms with Crippen molar-refractivity contribution in [2.24, 2.45) is 5.73 Å². The molecule has 0 aliphatic carbocycles. The van der Waals surface area contributed by atoms with Crippen molar-refractivity contribution in [3.8, 4) is 0 Å². The number of benzene rings is 2. The summed E-state index contributed by atoms with van der Waals surface area (Å²) >= 11 is 0. The number of alkyl halides is 3. The third-order valence-electron chi connectivity index (χ3n) is 5.48. The van der Waals surface area contributed by atoms with Crippen LogP contribution in [-0.4, -0.2) is 63.4 Å². The van der Waals surface area contributed by atoms with E-state index in [0.717, 1.165) is 48.1 Å². The molecule has 0 saturated carbocycles. The molecule has 0 spiro atoms. The van der Waals surface area contributed by atoms with Crippen molar-refractivity contribution in [1.82, 2.24) is 15.1 Å². The van der Waals surface area contributed by atoms with Gasteiger partial charge in [0.15, 0.2) is 0 Å². The molecule has 11 heteroatoms. The molecule has 182 valence electrons. The zero-order valence-corrected chi connectivity index (χ0v) is 18.3. The number of H-pyrrole nitrogens is 1. The number of hydrogen-bond acceptors (Lipinski definition) is 5. The lowest BCUT2D eigenvalue weighted by Crippen LogP contribution is -2.49. The van der Waals surface area contributed by atoms with Crippen LogP contribution in [0.3, 0.4) is 0 Å². The average Bonchev–Trinajstić information content (AvgIpc) is 3.27. The monoisotopic (exact) mass is 477 g/mol. The van der Waals surface area contributed by atoms with Crippen molar-refractivity contribution in [3.63, 3.8) is 0 Å². The SMILES string of the molecule is N[C@H](Cc1ccccc1)C(=O)N1CCC(Nc2ccc3[nH]ncc3c2)CC1.O=C(O)C(F)(F)F. The zero-order valence-electron chi connectivity index (χ0n) is 18.3. The molecule has 4 rings (SSSR count). The van der Waals surface area contributed by atoms with Gasteiger partial charge < -0.3 is 21.1 Å². The number of aromatic nitrogens is 2. The number of nitrogens with one attached hydrogen (secondary N) is 2. The quantitative estimate of drug-likeness (QED) is 0.448. The Hall–Kier alpha value is -3.60. The van der Waals surface area contributed by atoms with Gasteiger partial charge in [-0.25, -0.2) is 4.79 Å². The standard InChI is InChI=1S/C21H25N5O.C2HF3O2/c22-19(12-15-4-2-1-3-5-15)21(27)26-10-8-17(9-11-26)24-18-6-7-20-16(13-18)14-23-25-20;3-2(4,5)1(6)7/h1-7,13-14,17,19,24H,8-12,22H2,(H,23,25);(H,6,7)/t19-;/m1./s1. The van der Waals surface area contributed by atoms with Crippen LogP contribution in [0.5, 0.6) is 0 Å². The smallest absolute Gasteiger partial charge is 0.475 e. The van der Waals surface area contributed by atoms with Crippen LogP contribution < -0.4 is 11.1 Å². The molecule has 1 atom stereocenters. The van der Waals surface area contributed by atoms with Gasteiger partial charge in [0, 0.05) is 30.2 Å². The number of nitrogens with two attached hydrogens (primary N) is 1. The van der Waals surface area contributed by atoms with E-state index >= 15 is 0 Å². The fraction of sp³-hybridized carbons (Fsp3) is 0.348. The van der Waals surface area contributed by atoms with E-state index in [-0.39, 0.29) is 5.91 Å². The number of rotatable bonds is 5. The number of carboxylic acid groups (broad SMARTS) is 1. The van der Waals surface area contributed by atoms with Gasteiger partial charge in [-0.2, -0.15) is 18.3 Å². The Bertz CT molecular complexity index is 1100. The van der Waals surface area contributed by atoms with Crippen LogP contribution in [0.15, 0.2) is 54.7 Å². The molecule has 1 aliphatic rings. The summed E-state index contributed by atoms with van der Waals surface area (Å²) in [5, 5.41) is 18.8. The number of amides is 1. The third kappa shape index (κ3) is 6.95. The molecular formula is C23H26F3N5O3. The van der Waals surface area contributed by atoms with Crippen LogP contribution >= 0.6 is 0 Å². The number of piperidine rings is 1. The van der Waals surface area contributed by atoms with Crippen LogP contribution in [0.25, 0.3) is 10.9 Å². The number of halogens is 3. The molecule has 1 aromatic heterocycles. The second-order valence-electron chi connectivity index (χ2n) is 8.02. The van der Waals surface area contributed by atoms with E-state index in [1.165, 1.54) is 0 Å². The number of aliphatic carboxylic acids is 1. The van der Waals surface area contributed by atoms with Crippen molar-refractivity contribution in [3.05, 3.63) is 60.3 Å². The lowest BCUT2D eigenvalue weighted by molar-refractivity contribution is -0.192. The fourth-order valence-corrected chi connectivity index (χ4v) is 3.70. The maximum atomic E-state index is 12.7. The largest absolute Gasteiger partial charge is 0.490 e. The van der Waals surface area contributed by atoms with Gasteiger partial charge in [0.2, 0.25) is 5.91 Å². The van der Waals surface area contributed by atoms with Crippen molar-refractivity contribution in [1.29, 1.82) is 0 Å². The Balaban J connectivity index is 0.000000406. The minimum atomic E-state index is -5.08. The summed E-state index contributed by atoms with van der Waals surface area (Å²) < 4.78 is 31.7. The van der Waals surface area contributed by atoms with Gasteiger partial charge in [0.05, 0.1) is 17.8 Å². The molecule has 8 nitrogen and oxygen atoms in total. The second kappa shape index (κ2) is 11.0. The van der Waals surface area contributed by atoms with Gasteiger partial charge in [0.1, 0.15) is 0 Å². The Morgan fingerprint density at radius 3 is 2.44 bits per heavy atom. The third-order valence-corrected chi connectivity index (χ3v) is 5.48. The van der Waals surface area contributed by atoms with E-state index in [9.17, 15) is 18.0 Å². The highest BCUT2D eigenvalue weighted by Gasteiger charge is 2.38. The number of hydrogen-bond donors (Lipinski definition) is 4. The summed E-state index contributed by atoms with van der Waals surface area (Å²) in [5.41, 5.74) is 9.39. The first kappa shape index (κ1) is 25.0. The minimum Gasteiger partial charge on any atom is -0.475 e. The summed E-state index contributed by atoms with van der Waals surface area (Å²) in [6, 6.07) is 16.0. The number of likely N-dealkylation sites (tertiary alicyclic amines) is 1. The summed E-state index contributed by atoms with van der Waals surface area (Å²) in [6.07, 6.45) is -0.821. The molecule has 34 heavy (non-hydrogen) atoms. The summed E-state index contributed by atoms with van der Waals surface area (Å²) in [6.45, 7) is 1.49. The Labute approximate surface area is 193 Å². The number of fused-ring (bicyclic) bond motifs is 1. The van der Waals surface area contributed by atoms with E-state index in [2.05, 4.69) is 27.6 Å². The van der Waals surface area contributed by atoms with Crippen molar-refractivity contribution < 1.29 is 27.9 Å². The van der Waals surface area contributed by atoms with Gasteiger partial charge in [-0.05, 0) is 43.0 Å². The molecule has 5 N–H and O–H groups in total. The number of carboxylic acids is 1. The van der Waals surface area contributed by atoms with Crippen molar-refractivity contribution in [2.45, 2.75) is 37.5 Å². The highest BCUT2D eigenvalue weighted by Crippen LogP contribution is 2.21. The number of aromatic amines is 1. The maximum absolute atomic E-state index is 12.7. The molecule has 1 fully saturated rings. The molecule has 3 aromatic rings. The lowest BCUT2D eigenvalue weighted by atomic mass is 10.0. The van der Waals surface area contributed by atoms with E-state index < -0.39 is 18.2 Å². The lowest BCUT2D eigenvalue weighted by Gasteiger charge is -2.34. The topological polar surface area (TPSA) is 124 Å². The average molecular weight is 477 g/mol. The van der Waals surface area contributed by atoms with E-state index in [0.29, 0.717) is 12.5 Å². The van der Waals surface area contributed by atoms with Crippen LogP contribution in [0, 0.1) is 0 Å². The highest BCUT2D eigenvalue weighted by atomic mass is 19.4. The Morgan fingerprint density at radius 2 is 1.82 bits per heavy atom. The number of nitrogens with zero attached hydrogens (tertiary/aromatic N) is 2. The minimum absolute atomic E-state index is 0.0529. The summed E-state index contributed by atoms with van der Waals surface area (Å²) in [5.74, 6) is -2.70. The molecule has 2 heterocycles.